The van der Waals surface area contributed by atoms with Gasteiger partial charge in [0.1, 0.15) is 12.9 Å². The first-order valence-electron chi connectivity index (χ1n) is 6.24. The summed E-state index contributed by atoms with van der Waals surface area (Å²) in [6.07, 6.45) is 0.756. The molecule has 4 heteroatoms. The highest BCUT2D eigenvalue weighted by Gasteiger charge is 2.10. The van der Waals surface area contributed by atoms with E-state index in [1.807, 2.05) is 30.3 Å². The van der Waals surface area contributed by atoms with Gasteiger partial charge in [-0.15, -0.1) is 0 Å². The monoisotopic (exact) mass is 344 g/mol. The van der Waals surface area contributed by atoms with E-state index in [4.69, 9.17) is 9.47 Å². The van der Waals surface area contributed by atoms with Crippen LogP contribution in [-0.4, -0.2) is 20.0 Å². The Morgan fingerprint density at radius 3 is 2.67 bits per heavy atom. The number of hydrogen-bond donors (Lipinski definition) is 0. The molecule has 0 amide bonds. The SMILES string of the molecule is COc1cc(C=O)cc(Br)c1OCC#Cc1ccccc1. The smallest absolute Gasteiger partial charge is 0.176 e. The van der Waals surface area contributed by atoms with Crippen molar-refractivity contribution in [1.29, 1.82) is 0 Å². The number of rotatable bonds is 4. The summed E-state index contributed by atoms with van der Waals surface area (Å²) in [4.78, 5) is 10.8. The standard InChI is InChI=1S/C17H13BrO3/c1-20-16-11-14(12-19)10-15(18)17(16)21-9-5-8-13-6-3-2-4-7-13/h2-4,6-7,10-12H,9H2,1H3. The first-order valence-corrected chi connectivity index (χ1v) is 7.03. The molecule has 0 saturated heterocycles. The maximum absolute atomic E-state index is 10.8. The van der Waals surface area contributed by atoms with Crippen molar-refractivity contribution in [3.8, 4) is 23.3 Å². The summed E-state index contributed by atoms with van der Waals surface area (Å²) >= 11 is 3.36. The molecule has 0 aliphatic carbocycles. The Morgan fingerprint density at radius 1 is 1.24 bits per heavy atom. The van der Waals surface area contributed by atoms with E-state index >= 15 is 0 Å². The van der Waals surface area contributed by atoms with Crippen LogP contribution >= 0.6 is 15.9 Å². The number of hydrogen-bond acceptors (Lipinski definition) is 3. The minimum absolute atomic E-state index is 0.226. The van der Waals surface area contributed by atoms with Crippen LogP contribution in [0.25, 0.3) is 0 Å². The van der Waals surface area contributed by atoms with Crippen LogP contribution in [0.4, 0.5) is 0 Å². The predicted molar refractivity (Wildman–Crippen MR) is 84.9 cm³/mol. The van der Waals surface area contributed by atoms with Crippen molar-refractivity contribution < 1.29 is 14.3 Å². The van der Waals surface area contributed by atoms with E-state index in [0.717, 1.165) is 11.8 Å². The summed E-state index contributed by atoms with van der Waals surface area (Å²) < 4.78 is 11.5. The van der Waals surface area contributed by atoms with E-state index in [0.29, 0.717) is 21.5 Å². The van der Waals surface area contributed by atoms with Gasteiger partial charge in [-0.1, -0.05) is 30.0 Å². The molecule has 0 bridgehead atoms. The number of aldehydes is 1. The molecule has 0 aliphatic heterocycles. The van der Waals surface area contributed by atoms with Gasteiger partial charge >= 0.3 is 0 Å². The highest BCUT2D eigenvalue weighted by atomic mass is 79.9. The lowest BCUT2D eigenvalue weighted by Crippen LogP contribution is -1.99. The molecule has 0 unspecified atom stereocenters. The van der Waals surface area contributed by atoms with Gasteiger partial charge in [0, 0.05) is 11.1 Å². The molecular weight excluding hydrogens is 332 g/mol. The average Bonchev–Trinajstić information content (AvgIpc) is 2.53. The molecule has 2 rings (SSSR count). The molecule has 2 aromatic carbocycles. The summed E-state index contributed by atoms with van der Waals surface area (Å²) in [6.45, 7) is 0.226. The van der Waals surface area contributed by atoms with Crippen molar-refractivity contribution >= 4 is 22.2 Å². The molecule has 0 fully saturated rings. The lowest BCUT2D eigenvalue weighted by molar-refractivity contribution is 0.112. The van der Waals surface area contributed by atoms with Gasteiger partial charge in [0.2, 0.25) is 0 Å². The molecule has 3 nitrogen and oxygen atoms in total. The van der Waals surface area contributed by atoms with Crippen molar-refractivity contribution in [2.45, 2.75) is 0 Å². The van der Waals surface area contributed by atoms with Gasteiger partial charge in [-0.2, -0.15) is 0 Å². The molecule has 106 valence electrons. The lowest BCUT2D eigenvalue weighted by Gasteiger charge is -2.11. The maximum Gasteiger partial charge on any atom is 0.176 e. The number of carbonyl (C=O) groups is 1. The highest BCUT2D eigenvalue weighted by Crippen LogP contribution is 2.36. The molecule has 0 radical (unpaired) electrons. The van der Waals surface area contributed by atoms with Crippen molar-refractivity contribution in [1.82, 2.24) is 0 Å². The summed E-state index contributed by atoms with van der Waals surface area (Å²) in [5.41, 5.74) is 1.45. The Morgan fingerprint density at radius 2 is 2.00 bits per heavy atom. The Balaban J connectivity index is 2.10. The zero-order valence-corrected chi connectivity index (χ0v) is 13.0. The molecule has 0 aliphatic rings. The van der Waals surface area contributed by atoms with Gasteiger partial charge in [-0.3, -0.25) is 4.79 Å². The van der Waals surface area contributed by atoms with Crippen LogP contribution in [0, 0.1) is 11.8 Å². The largest absolute Gasteiger partial charge is 0.493 e. The van der Waals surface area contributed by atoms with Crippen LogP contribution in [0.15, 0.2) is 46.9 Å². The second kappa shape index (κ2) is 7.51. The van der Waals surface area contributed by atoms with Gasteiger partial charge in [-0.05, 0) is 40.2 Å². The van der Waals surface area contributed by atoms with E-state index in [1.165, 1.54) is 7.11 Å². The third-order valence-corrected chi connectivity index (χ3v) is 3.27. The van der Waals surface area contributed by atoms with Crippen LogP contribution in [0.5, 0.6) is 11.5 Å². The van der Waals surface area contributed by atoms with Crippen molar-refractivity contribution in [2.24, 2.45) is 0 Å². The van der Waals surface area contributed by atoms with E-state index in [9.17, 15) is 4.79 Å². The number of halogens is 1. The Kier molecular flexibility index (Phi) is 5.42. The van der Waals surface area contributed by atoms with E-state index in [1.54, 1.807) is 12.1 Å². The first kappa shape index (κ1) is 15.1. The fraction of sp³-hybridized carbons (Fsp3) is 0.118. The predicted octanol–water partition coefficient (Wildman–Crippen LogP) is 3.70. The quantitative estimate of drug-likeness (QED) is 0.626. The third-order valence-electron chi connectivity index (χ3n) is 2.68. The number of ether oxygens (including phenoxy) is 2. The molecular formula is C17H13BrO3. The summed E-state index contributed by atoms with van der Waals surface area (Å²) in [5.74, 6) is 6.97. The minimum atomic E-state index is 0.226. The third kappa shape index (κ3) is 4.11. The summed E-state index contributed by atoms with van der Waals surface area (Å²) in [5, 5.41) is 0. The fourth-order valence-electron chi connectivity index (χ4n) is 1.72. The van der Waals surface area contributed by atoms with Crippen LogP contribution in [0.1, 0.15) is 15.9 Å². The van der Waals surface area contributed by atoms with E-state index < -0.39 is 0 Å². The zero-order chi connectivity index (χ0) is 15.1. The van der Waals surface area contributed by atoms with Crippen LogP contribution in [0.2, 0.25) is 0 Å². The van der Waals surface area contributed by atoms with Crippen molar-refractivity contribution in [2.75, 3.05) is 13.7 Å². The van der Waals surface area contributed by atoms with Crippen LogP contribution < -0.4 is 9.47 Å². The summed E-state index contributed by atoms with van der Waals surface area (Å²) in [7, 11) is 1.53. The van der Waals surface area contributed by atoms with Gasteiger partial charge in [0.05, 0.1) is 11.6 Å². The zero-order valence-electron chi connectivity index (χ0n) is 11.4. The van der Waals surface area contributed by atoms with E-state index in [-0.39, 0.29) is 6.61 Å². The average molecular weight is 345 g/mol. The molecule has 21 heavy (non-hydrogen) atoms. The first-order chi connectivity index (χ1) is 10.2. The molecule has 0 spiro atoms. The second-order valence-electron chi connectivity index (χ2n) is 4.11. The Bertz CT molecular complexity index is 684. The second-order valence-corrected chi connectivity index (χ2v) is 4.96. The Hall–Kier alpha value is -2.25. The fourth-order valence-corrected chi connectivity index (χ4v) is 2.29. The van der Waals surface area contributed by atoms with Crippen LogP contribution in [-0.2, 0) is 0 Å². The maximum atomic E-state index is 10.8. The molecule has 0 heterocycles. The number of benzene rings is 2. The molecule has 0 atom stereocenters. The molecule has 0 saturated carbocycles. The molecule has 0 aromatic heterocycles. The normalized spacial score (nSPS) is 9.43. The molecule has 0 N–H and O–H groups in total. The number of carbonyl (C=O) groups excluding carboxylic acids is 1. The van der Waals surface area contributed by atoms with Crippen LogP contribution in [0.3, 0.4) is 0 Å². The highest BCUT2D eigenvalue weighted by molar-refractivity contribution is 9.10. The van der Waals surface area contributed by atoms with Crippen molar-refractivity contribution in [3.05, 3.63) is 58.1 Å². The van der Waals surface area contributed by atoms with Gasteiger partial charge in [0.15, 0.2) is 11.5 Å². The van der Waals surface area contributed by atoms with Crippen molar-refractivity contribution in [3.63, 3.8) is 0 Å². The van der Waals surface area contributed by atoms with E-state index in [2.05, 4.69) is 27.8 Å². The minimum Gasteiger partial charge on any atom is -0.493 e. The number of methoxy groups -OCH3 is 1. The Labute approximate surface area is 132 Å². The van der Waals surface area contributed by atoms with Gasteiger partial charge in [-0.25, -0.2) is 0 Å². The van der Waals surface area contributed by atoms with Gasteiger partial charge in [0.25, 0.3) is 0 Å². The van der Waals surface area contributed by atoms with Gasteiger partial charge < -0.3 is 9.47 Å². The molecule has 2 aromatic rings. The summed E-state index contributed by atoms with van der Waals surface area (Å²) in [6, 6.07) is 13.0. The topological polar surface area (TPSA) is 35.5 Å². The lowest BCUT2D eigenvalue weighted by atomic mass is 10.2.